The summed E-state index contributed by atoms with van der Waals surface area (Å²) in [5, 5.41) is 9.03. The third-order valence-electron chi connectivity index (χ3n) is 5.39. The second-order valence-corrected chi connectivity index (χ2v) is 7.10. The number of pyridine rings is 1. The lowest BCUT2D eigenvalue weighted by atomic mass is 10.0. The first-order chi connectivity index (χ1) is 12.5. The maximum atomic E-state index is 12.5. The van der Waals surface area contributed by atoms with Crippen LogP contribution < -0.4 is 0 Å². The van der Waals surface area contributed by atoms with Crippen LogP contribution in [0, 0.1) is 5.92 Å². The first-order valence-corrected chi connectivity index (χ1v) is 9.31. The van der Waals surface area contributed by atoms with Crippen molar-refractivity contribution >= 4 is 17.8 Å². The van der Waals surface area contributed by atoms with Gasteiger partial charge in [0.2, 0.25) is 5.91 Å². The Hall–Kier alpha value is -2.44. The normalized spacial score (nSPS) is 18.2. The molecule has 26 heavy (non-hydrogen) atoms. The molecular formula is C19H25N3O4. The number of aromatic nitrogens is 1. The number of amides is 2. The molecule has 2 fully saturated rings. The van der Waals surface area contributed by atoms with Crippen molar-refractivity contribution in [1.29, 1.82) is 0 Å². The van der Waals surface area contributed by atoms with Crippen molar-refractivity contribution in [3.8, 4) is 0 Å². The van der Waals surface area contributed by atoms with Gasteiger partial charge in [-0.15, -0.1) is 0 Å². The molecule has 1 N–H and O–H groups in total. The molecule has 2 heterocycles. The predicted molar refractivity (Wildman–Crippen MR) is 94.9 cm³/mol. The molecule has 140 valence electrons. The summed E-state index contributed by atoms with van der Waals surface area (Å²) in [4.78, 5) is 43.4. The van der Waals surface area contributed by atoms with Crippen LogP contribution in [0.5, 0.6) is 0 Å². The molecule has 0 aromatic carbocycles. The third-order valence-corrected chi connectivity index (χ3v) is 5.39. The van der Waals surface area contributed by atoms with Crippen LogP contribution in [-0.2, 0) is 4.79 Å². The maximum absolute atomic E-state index is 12.5. The van der Waals surface area contributed by atoms with E-state index in [4.69, 9.17) is 5.11 Å². The number of aromatic carboxylic acids is 1. The average Bonchev–Trinajstić information content (AvgIpc) is 3.19. The minimum Gasteiger partial charge on any atom is -0.478 e. The highest BCUT2D eigenvalue weighted by molar-refractivity contribution is 5.96. The first-order valence-electron chi connectivity index (χ1n) is 9.31. The molecule has 1 aromatic heterocycles. The number of hydrogen-bond donors (Lipinski definition) is 1. The van der Waals surface area contributed by atoms with Crippen molar-refractivity contribution in [1.82, 2.24) is 14.8 Å². The summed E-state index contributed by atoms with van der Waals surface area (Å²) in [7, 11) is 0. The van der Waals surface area contributed by atoms with Gasteiger partial charge in [-0.25, -0.2) is 4.79 Å². The summed E-state index contributed by atoms with van der Waals surface area (Å²) in [5.41, 5.74) is 0.176. The Morgan fingerprint density at radius 3 is 2.38 bits per heavy atom. The Morgan fingerprint density at radius 1 is 1.08 bits per heavy atom. The zero-order valence-corrected chi connectivity index (χ0v) is 14.9. The van der Waals surface area contributed by atoms with Gasteiger partial charge >= 0.3 is 5.97 Å². The zero-order valence-electron chi connectivity index (χ0n) is 14.9. The maximum Gasteiger partial charge on any atom is 0.335 e. The third kappa shape index (κ3) is 4.39. The van der Waals surface area contributed by atoms with E-state index < -0.39 is 5.97 Å². The molecule has 0 radical (unpaired) electrons. The molecule has 0 atom stereocenters. The second kappa shape index (κ2) is 8.29. The van der Waals surface area contributed by atoms with E-state index in [-0.39, 0.29) is 23.1 Å². The first kappa shape index (κ1) is 18.4. The largest absolute Gasteiger partial charge is 0.478 e. The predicted octanol–water partition coefficient (Wildman–Crippen LogP) is 2.03. The van der Waals surface area contributed by atoms with Crippen molar-refractivity contribution in [2.75, 3.05) is 26.2 Å². The van der Waals surface area contributed by atoms with E-state index in [0.717, 1.165) is 6.42 Å². The van der Waals surface area contributed by atoms with Crippen molar-refractivity contribution in [2.24, 2.45) is 5.92 Å². The van der Waals surface area contributed by atoms with Crippen molar-refractivity contribution in [3.63, 3.8) is 0 Å². The van der Waals surface area contributed by atoms with E-state index in [1.165, 1.54) is 44.0 Å². The summed E-state index contributed by atoms with van der Waals surface area (Å²) < 4.78 is 0. The molecular weight excluding hydrogens is 334 g/mol. The van der Waals surface area contributed by atoms with Gasteiger partial charge < -0.3 is 14.9 Å². The Labute approximate surface area is 153 Å². The lowest BCUT2D eigenvalue weighted by Gasteiger charge is -2.34. The van der Waals surface area contributed by atoms with Gasteiger partial charge in [0, 0.05) is 38.8 Å². The van der Waals surface area contributed by atoms with Gasteiger partial charge in [0.05, 0.1) is 5.56 Å². The highest BCUT2D eigenvalue weighted by atomic mass is 16.4. The number of carbonyl (C=O) groups excluding carboxylic acids is 2. The van der Waals surface area contributed by atoms with Crippen LogP contribution in [0.4, 0.5) is 0 Å². The van der Waals surface area contributed by atoms with Crippen molar-refractivity contribution < 1.29 is 19.5 Å². The summed E-state index contributed by atoms with van der Waals surface area (Å²) in [6, 6.07) is 2.66. The lowest BCUT2D eigenvalue weighted by molar-refractivity contribution is -0.133. The Bertz CT molecular complexity index is 677. The molecule has 2 amide bonds. The van der Waals surface area contributed by atoms with E-state index >= 15 is 0 Å². The summed E-state index contributed by atoms with van der Waals surface area (Å²) in [6.45, 7) is 1.95. The fraction of sp³-hybridized carbons (Fsp3) is 0.579. The van der Waals surface area contributed by atoms with Gasteiger partial charge in [-0.05, 0) is 24.5 Å². The lowest BCUT2D eigenvalue weighted by Crippen LogP contribution is -2.50. The van der Waals surface area contributed by atoms with E-state index in [0.29, 0.717) is 38.5 Å². The van der Waals surface area contributed by atoms with E-state index in [2.05, 4.69) is 4.98 Å². The Balaban J connectivity index is 1.49. The van der Waals surface area contributed by atoms with Crippen LogP contribution in [0.3, 0.4) is 0 Å². The second-order valence-electron chi connectivity index (χ2n) is 7.10. The van der Waals surface area contributed by atoms with Gasteiger partial charge in [0.25, 0.3) is 5.91 Å². The molecule has 3 rings (SSSR count). The monoisotopic (exact) mass is 359 g/mol. The molecule has 1 aliphatic carbocycles. The number of carboxylic acids is 1. The van der Waals surface area contributed by atoms with Crippen LogP contribution in [0.2, 0.25) is 0 Å². The van der Waals surface area contributed by atoms with Crippen LogP contribution in [-0.4, -0.2) is 63.9 Å². The van der Waals surface area contributed by atoms with Crippen LogP contribution in [0.25, 0.3) is 0 Å². The molecule has 2 aliphatic rings. The Morgan fingerprint density at radius 2 is 1.73 bits per heavy atom. The number of rotatable bonds is 5. The van der Waals surface area contributed by atoms with Gasteiger partial charge in [0.15, 0.2) is 0 Å². The molecule has 0 unspecified atom stereocenters. The standard InChI is InChI=1S/C19H25N3O4/c23-17(6-5-14-3-1-2-4-14)21-9-11-22(12-10-21)18(24)16-13-15(19(25)26)7-8-20-16/h7-8,13-14H,1-6,9-12H2,(H,25,26). The summed E-state index contributed by atoms with van der Waals surface area (Å²) in [5.74, 6) is -0.491. The fourth-order valence-electron chi connectivity index (χ4n) is 3.79. The van der Waals surface area contributed by atoms with Crippen molar-refractivity contribution in [3.05, 3.63) is 29.6 Å². The fourth-order valence-corrected chi connectivity index (χ4v) is 3.79. The number of hydrogen-bond acceptors (Lipinski definition) is 4. The molecule has 1 aromatic rings. The van der Waals surface area contributed by atoms with Gasteiger partial charge in [-0.1, -0.05) is 25.7 Å². The molecule has 1 saturated carbocycles. The van der Waals surface area contributed by atoms with Crippen LogP contribution >= 0.6 is 0 Å². The Kier molecular flexibility index (Phi) is 5.85. The van der Waals surface area contributed by atoms with E-state index in [1.54, 1.807) is 4.90 Å². The molecule has 7 heteroatoms. The summed E-state index contributed by atoms with van der Waals surface area (Å²) >= 11 is 0. The topological polar surface area (TPSA) is 90.8 Å². The van der Waals surface area contributed by atoms with Gasteiger partial charge in [0.1, 0.15) is 5.69 Å². The van der Waals surface area contributed by atoms with Gasteiger partial charge in [-0.2, -0.15) is 0 Å². The highest BCUT2D eigenvalue weighted by Gasteiger charge is 2.26. The molecule has 1 saturated heterocycles. The van der Waals surface area contributed by atoms with E-state index in [1.807, 2.05) is 4.90 Å². The molecule has 0 bridgehead atoms. The highest BCUT2D eigenvalue weighted by Crippen LogP contribution is 2.28. The van der Waals surface area contributed by atoms with Crippen LogP contribution in [0.1, 0.15) is 59.4 Å². The smallest absolute Gasteiger partial charge is 0.335 e. The number of piperazine rings is 1. The molecule has 0 spiro atoms. The van der Waals surface area contributed by atoms with Crippen LogP contribution in [0.15, 0.2) is 18.3 Å². The zero-order chi connectivity index (χ0) is 18.5. The number of nitrogens with zero attached hydrogens (tertiary/aromatic N) is 3. The summed E-state index contributed by atoms with van der Waals surface area (Å²) in [6.07, 6.45) is 7.98. The minimum absolute atomic E-state index is 0.0454. The number of carboxylic acid groups (broad SMARTS) is 1. The molecule has 7 nitrogen and oxygen atoms in total. The van der Waals surface area contributed by atoms with Crippen molar-refractivity contribution in [2.45, 2.75) is 38.5 Å². The molecule has 1 aliphatic heterocycles. The SMILES string of the molecule is O=C(O)c1ccnc(C(=O)N2CCN(C(=O)CCC3CCCC3)CC2)c1. The number of carbonyl (C=O) groups is 3. The quantitative estimate of drug-likeness (QED) is 0.869. The van der Waals surface area contributed by atoms with Gasteiger partial charge in [-0.3, -0.25) is 14.6 Å². The average molecular weight is 359 g/mol. The van der Waals surface area contributed by atoms with E-state index in [9.17, 15) is 14.4 Å². The minimum atomic E-state index is -1.08.